The second-order valence-corrected chi connectivity index (χ2v) is 5.26. The lowest BCUT2D eigenvalue weighted by molar-refractivity contribution is -0.131. The van der Waals surface area contributed by atoms with Crippen molar-refractivity contribution in [2.45, 2.75) is 25.3 Å². The van der Waals surface area contributed by atoms with Gasteiger partial charge in [-0.25, -0.2) is 0 Å². The molecular weight excluding hydrogens is 264 g/mol. The van der Waals surface area contributed by atoms with E-state index in [0.717, 1.165) is 31.5 Å². The van der Waals surface area contributed by atoms with E-state index in [2.05, 4.69) is 0 Å². The molecule has 1 aromatic carbocycles. The van der Waals surface area contributed by atoms with Gasteiger partial charge in [-0.05, 0) is 30.5 Å². The van der Waals surface area contributed by atoms with Crippen LogP contribution in [0.3, 0.4) is 0 Å². The fourth-order valence-electron chi connectivity index (χ4n) is 2.22. The van der Waals surface area contributed by atoms with Crippen molar-refractivity contribution < 1.29 is 9.53 Å². The van der Waals surface area contributed by atoms with Crippen LogP contribution in [0.15, 0.2) is 18.2 Å². The van der Waals surface area contributed by atoms with Crippen molar-refractivity contribution in [1.29, 1.82) is 0 Å². The summed E-state index contributed by atoms with van der Waals surface area (Å²) in [4.78, 5) is 14.0. The topological polar surface area (TPSA) is 55.6 Å². The molecule has 0 aliphatic carbocycles. The maximum atomic E-state index is 12.2. The van der Waals surface area contributed by atoms with E-state index in [9.17, 15) is 4.79 Å². The molecule has 2 N–H and O–H groups in total. The number of ether oxygens (including phenoxy) is 1. The Morgan fingerprint density at radius 2 is 2.16 bits per heavy atom. The molecule has 0 aromatic heterocycles. The van der Waals surface area contributed by atoms with E-state index in [1.165, 1.54) is 0 Å². The molecule has 1 aromatic rings. The molecule has 19 heavy (non-hydrogen) atoms. The van der Waals surface area contributed by atoms with Gasteiger partial charge in [0.25, 0.3) is 0 Å². The summed E-state index contributed by atoms with van der Waals surface area (Å²) in [5.41, 5.74) is 6.67. The molecule has 104 valence electrons. The number of hydrogen-bond acceptors (Lipinski definition) is 3. The molecule has 0 bridgehead atoms. The number of halogens is 1. The Morgan fingerprint density at radius 1 is 1.47 bits per heavy atom. The van der Waals surface area contributed by atoms with Crippen LogP contribution in [-0.4, -0.2) is 37.0 Å². The van der Waals surface area contributed by atoms with E-state index < -0.39 is 0 Å². The molecular formula is C14H19ClN2O2. The Morgan fingerprint density at radius 3 is 2.74 bits per heavy atom. The van der Waals surface area contributed by atoms with Crippen LogP contribution in [0.4, 0.5) is 0 Å². The first-order chi connectivity index (χ1) is 9.10. The average molecular weight is 283 g/mol. The van der Waals surface area contributed by atoms with E-state index in [-0.39, 0.29) is 11.9 Å². The van der Waals surface area contributed by atoms with Crippen LogP contribution in [0, 0.1) is 0 Å². The number of amides is 1. The molecule has 0 radical (unpaired) electrons. The van der Waals surface area contributed by atoms with Crippen LogP contribution < -0.4 is 10.5 Å². The van der Waals surface area contributed by atoms with Crippen molar-refractivity contribution >= 4 is 17.5 Å². The molecule has 1 aliphatic rings. The van der Waals surface area contributed by atoms with E-state index in [0.29, 0.717) is 17.2 Å². The molecule has 1 heterocycles. The highest BCUT2D eigenvalue weighted by molar-refractivity contribution is 6.31. The zero-order valence-corrected chi connectivity index (χ0v) is 11.8. The highest BCUT2D eigenvalue weighted by atomic mass is 35.5. The smallest absolute Gasteiger partial charge is 0.227 e. The maximum absolute atomic E-state index is 12.2. The van der Waals surface area contributed by atoms with Crippen LogP contribution in [0.25, 0.3) is 0 Å². The summed E-state index contributed by atoms with van der Waals surface area (Å²) in [7, 11) is 1.59. The number of benzene rings is 1. The summed E-state index contributed by atoms with van der Waals surface area (Å²) < 4.78 is 5.09. The van der Waals surface area contributed by atoms with E-state index >= 15 is 0 Å². The van der Waals surface area contributed by atoms with Crippen molar-refractivity contribution in [1.82, 2.24) is 4.90 Å². The van der Waals surface area contributed by atoms with Crippen molar-refractivity contribution in [3.05, 3.63) is 28.8 Å². The first kappa shape index (κ1) is 14.2. The quantitative estimate of drug-likeness (QED) is 0.920. The highest BCUT2D eigenvalue weighted by Crippen LogP contribution is 2.23. The summed E-state index contributed by atoms with van der Waals surface area (Å²) in [5, 5.41) is 0.571. The molecule has 4 nitrogen and oxygen atoms in total. The monoisotopic (exact) mass is 282 g/mol. The fraction of sp³-hybridized carbons (Fsp3) is 0.500. The molecule has 0 unspecified atom stereocenters. The Balaban J connectivity index is 1.99. The summed E-state index contributed by atoms with van der Waals surface area (Å²) in [6.07, 6.45) is 2.09. The van der Waals surface area contributed by atoms with Gasteiger partial charge < -0.3 is 15.4 Å². The SMILES string of the molecule is COc1ccc(CC(=O)N2CCC(N)CC2)c(Cl)c1. The average Bonchev–Trinajstić information content (AvgIpc) is 2.41. The van der Waals surface area contributed by atoms with Crippen LogP contribution in [-0.2, 0) is 11.2 Å². The van der Waals surface area contributed by atoms with Crippen molar-refractivity contribution in [3.63, 3.8) is 0 Å². The lowest BCUT2D eigenvalue weighted by Gasteiger charge is -2.30. The number of nitrogens with two attached hydrogens (primary N) is 1. The van der Waals surface area contributed by atoms with Gasteiger partial charge in [-0.3, -0.25) is 4.79 Å². The number of nitrogens with zero attached hydrogens (tertiary/aromatic N) is 1. The number of carbonyl (C=O) groups excluding carboxylic acids is 1. The second kappa shape index (κ2) is 6.26. The van der Waals surface area contributed by atoms with E-state index in [1.807, 2.05) is 17.0 Å². The summed E-state index contributed by atoms with van der Waals surface area (Å²) >= 11 is 6.14. The minimum atomic E-state index is 0.110. The minimum Gasteiger partial charge on any atom is -0.497 e. The molecule has 1 saturated heterocycles. The Hall–Kier alpha value is -1.26. The van der Waals surface area contributed by atoms with Gasteiger partial charge in [0.2, 0.25) is 5.91 Å². The number of piperidine rings is 1. The highest BCUT2D eigenvalue weighted by Gasteiger charge is 2.21. The third-order valence-corrected chi connectivity index (χ3v) is 3.85. The molecule has 1 amide bonds. The zero-order chi connectivity index (χ0) is 13.8. The Labute approximate surface area is 118 Å². The lowest BCUT2D eigenvalue weighted by Crippen LogP contribution is -2.43. The van der Waals surface area contributed by atoms with Crippen molar-refractivity contribution in [3.8, 4) is 5.75 Å². The summed E-state index contributed by atoms with van der Waals surface area (Å²) in [5.74, 6) is 0.809. The molecule has 2 rings (SSSR count). The first-order valence-electron chi connectivity index (χ1n) is 6.46. The predicted molar refractivity (Wildman–Crippen MR) is 75.5 cm³/mol. The fourth-order valence-corrected chi connectivity index (χ4v) is 2.46. The molecule has 1 fully saturated rings. The third kappa shape index (κ3) is 3.61. The van der Waals surface area contributed by atoms with Crippen LogP contribution in [0.2, 0.25) is 5.02 Å². The summed E-state index contributed by atoms with van der Waals surface area (Å²) in [6.45, 7) is 1.49. The zero-order valence-electron chi connectivity index (χ0n) is 11.1. The number of likely N-dealkylation sites (tertiary alicyclic amines) is 1. The molecule has 0 saturated carbocycles. The van der Waals surface area contributed by atoms with Gasteiger partial charge in [0.05, 0.1) is 13.5 Å². The molecule has 0 atom stereocenters. The Bertz CT molecular complexity index is 457. The van der Waals surface area contributed by atoms with Crippen LogP contribution in [0.1, 0.15) is 18.4 Å². The predicted octanol–water partition coefficient (Wildman–Crippen LogP) is 1.84. The van der Waals surface area contributed by atoms with Gasteiger partial charge in [-0.15, -0.1) is 0 Å². The Kier molecular flexibility index (Phi) is 4.66. The molecule has 1 aliphatic heterocycles. The number of carbonyl (C=O) groups is 1. The standard InChI is InChI=1S/C14H19ClN2O2/c1-19-12-3-2-10(13(15)9-12)8-14(18)17-6-4-11(16)5-7-17/h2-3,9,11H,4-8,16H2,1H3. The maximum Gasteiger partial charge on any atom is 0.227 e. The molecule has 0 spiro atoms. The number of methoxy groups -OCH3 is 1. The van der Waals surface area contributed by atoms with Gasteiger partial charge >= 0.3 is 0 Å². The lowest BCUT2D eigenvalue weighted by atomic mass is 10.0. The normalized spacial score (nSPS) is 16.5. The van der Waals surface area contributed by atoms with E-state index in [4.69, 9.17) is 22.1 Å². The van der Waals surface area contributed by atoms with Crippen LogP contribution >= 0.6 is 11.6 Å². The van der Waals surface area contributed by atoms with Crippen molar-refractivity contribution in [2.75, 3.05) is 20.2 Å². The second-order valence-electron chi connectivity index (χ2n) is 4.85. The van der Waals surface area contributed by atoms with Crippen molar-refractivity contribution in [2.24, 2.45) is 5.73 Å². The van der Waals surface area contributed by atoms with Gasteiger partial charge in [-0.1, -0.05) is 17.7 Å². The molecule has 5 heteroatoms. The van der Waals surface area contributed by atoms with Gasteiger partial charge in [0.15, 0.2) is 0 Å². The summed E-state index contributed by atoms with van der Waals surface area (Å²) in [6, 6.07) is 5.62. The largest absolute Gasteiger partial charge is 0.497 e. The number of rotatable bonds is 3. The van der Waals surface area contributed by atoms with E-state index in [1.54, 1.807) is 13.2 Å². The first-order valence-corrected chi connectivity index (χ1v) is 6.83. The number of hydrogen-bond donors (Lipinski definition) is 1. The van der Waals surface area contributed by atoms with Gasteiger partial charge in [0, 0.05) is 24.2 Å². The van der Waals surface area contributed by atoms with Gasteiger partial charge in [-0.2, -0.15) is 0 Å². The van der Waals surface area contributed by atoms with Gasteiger partial charge in [0.1, 0.15) is 5.75 Å². The minimum absolute atomic E-state index is 0.110. The van der Waals surface area contributed by atoms with Crippen LogP contribution in [0.5, 0.6) is 5.75 Å². The third-order valence-electron chi connectivity index (χ3n) is 3.49.